The van der Waals surface area contributed by atoms with Crippen LogP contribution in [0.3, 0.4) is 0 Å². The maximum Gasteiger partial charge on any atom is 0.261 e. The van der Waals surface area contributed by atoms with Crippen LogP contribution in [0.15, 0.2) is 48.5 Å². The molecule has 2 aromatic carbocycles. The fourth-order valence-corrected chi connectivity index (χ4v) is 4.03. The molecule has 0 radical (unpaired) electrons. The van der Waals surface area contributed by atoms with Crippen LogP contribution >= 0.6 is 0 Å². The molecule has 180 valence electrons. The zero-order valence-electron chi connectivity index (χ0n) is 20.3. The van der Waals surface area contributed by atoms with E-state index in [4.69, 9.17) is 0 Å². The van der Waals surface area contributed by atoms with Gasteiger partial charge in [-0.15, -0.1) is 0 Å². The van der Waals surface area contributed by atoms with Crippen molar-refractivity contribution < 1.29 is 19.2 Å². The van der Waals surface area contributed by atoms with E-state index in [0.29, 0.717) is 24.1 Å². The number of nitrogens with zero attached hydrogens (tertiary/aromatic N) is 2. The van der Waals surface area contributed by atoms with Gasteiger partial charge >= 0.3 is 0 Å². The summed E-state index contributed by atoms with van der Waals surface area (Å²) in [6, 6.07) is 13.9. The molecule has 1 heterocycles. The van der Waals surface area contributed by atoms with E-state index < -0.39 is 6.04 Å². The predicted octanol–water partition coefficient (Wildman–Crippen LogP) is 3.70. The summed E-state index contributed by atoms with van der Waals surface area (Å²) in [5, 5.41) is 2.95. The molecular weight excluding hydrogens is 430 g/mol. The first-order chi connectivity index (χ1) is 16.2. The highest BCUT2D eigenvalue weighted by molar-refractivity contribution is 6.21. The molecule has 2 aromatic rings. The fourth-order valence-electron chi connectivity index (χ4n) is 4.03. The van der Waals surface area contributed by atoms with Crippen LogP contribution in [-0.2, 0) is 16.1 Å². The Morgan fingerprint density at radius 2 is 1.65 bits per heavy atom. The number of aryl methyl sites for hydroxylation is 1. The van der Waals surface area contributed by atoms with Crippen molar-refractivity contribution in [1.82, 2.24) is 15.1 Å². The third-order valence-electron chi connectivity index (χ3n) is 6.25. The molecule has 34 heavy (non-hydrogen) atoms. The average molecular weight is 464 g/mol. The predicted molar refractivity (Wildman–Crippen MR) is 130 cm³/mol. The third kappa shape index (κ3) is 5.71. The minimum absolute atomic E-state index is 0.0136. The summed E-state index contributed by atoms with van der Waals surface area (Å²) < 4.78 is 0. The second-order valence-electron chi connectivity index (χ2n) is 8.92. The Morgan fingerprint density at radius 1 is 1.00 bits per heavy atom. The molecule has 4 amide bonds. The molecule has 1 aliphatic rings. The molecule has 0 saturated heterocycles. The van der Waals surface area contributed by atoms with Gasteiger partial charge in [0.25, 0.3) is 11.8 Å². The van der Waals surface area contributed by atoms with Crippen molar-refractivity contribution in [1.29, 1.82) is 0 Å². The lowest BCUT2D eigenvalue weighted by Gasteiger charge is -2.30. The van der Waals surface area contributed by atoms with E-state index in [-0.39, 0.29) is 42.6 Å². The van der Waals surface area contributed by atoms with Gasteiger partial charge in [0, 0.05) is 25.6 Å². The first-order valence-electron chi connectivity index (χ1n) is 11.8. The number of carbonyl (C=O) groups is 4. The van der Waals surface area contributed by atoms with Gasteiger partial charge in [-0.3, -0.25) is 24.1 Å². The van der Waals surface area contributed by atoms with Crippen LogP contribution in [0.2, 0.25) is 0 Å². The van der Waals surface area contributed by atoms with Crippen LogP contribution in [0.5, 0.6) is 0 Å². The lowest BCUT2D eigenvalue weighted by molar-refractivity contribution is -0.141. The molecule has 0 fully saturated rings. The highest BCUT2D eigenvalue weighted by Crippen LogP contribution is 2.23. The zero-order chi connectivity index (χ0) is 24.8. The number of fused-ring (bicyclic) bond motifs is 1. The zero-order valence-corrected chi connectivity index (χ0v) is 20.3. The van der Waals surface area contributed by atoms with E-state index in [0.717, 1.165) is 17.5 Å². The van der Waals surface area contributed by atoms with Crippen LogP contribution < -0.4 is 5.32 Å². The standard InChI is InChI=1S/C27H33N3O4/c1-5-19(3)28-25(32)20(4)30(17-21-11-8-10-18(2)16-21)24(31)14-9-15-29-26(33)22-12-6-7-13-23(22)27(29)34/h6-8,10-13,16,19-20H,5,9,14-15,17H2,1-4H3,(H,28,32)/t19-,20+/m1/s1. The molecule has 7 heteroatoms. The fraction of sp³-hybridized carbons (Fsp3) is 0.407. The number of hydrogen-bond donors (Lipinski definition) is 1. The second kappa shape index (κ2) is 11.1. The van der Waals surface area contributed by atoms with Crippen LogP contribution in [0.4, 0.5) is 0 Å². The topological polar surface area (TPSA) is 86.8 Å². The molecule has 0 unspecified atom stereocenters. The summed E-state index contributed by atoms with van der Waals surface area (Å²) >= 11 is 0. The third-order valence-corrected chi connectivity index (χ3v) is 6.25. The van der Waals surface area contributed by atoms with Crippen LogP contribution in [0, 0.1) is 6.92 Å². The molecule has 7 nitrogen and oxygen atoms in total. The number of nitrogens with one attached hydrogen (secondary N) is 1. The van der Waals surface area contributed by atoms with E-state index in [1.54, 1.807) is 36.1 Å². The van der Waals surface area contributed by atoms with Gasteiger partial charge in [-0.05, 0) is 51.3 Å². The summed E-state index contributed by atoms with van der Waals surface area (Å²) in [5.41, 5.74) is 2.81. The minimum atomic E-state index is -0.652. The van der Waals surface area contributed by atoms with Gasteiger partial charge in [-0.25, -0.2) is 0 Å². The summed E-state index contributed by atoms with van der Waals surface area (Å²) in [4.78, 5) is 54.0. The van der Waals surface area contributed by atoms with Crippen molar-refractivity contribution in [2.24, 2.45) is 0 Å². The maximum absolute atomic E-state index is 13.2. The van der Waals surface area contributed by atoms with Gasteiger partial charge in [-0.2, -0.15) is 0 Å². The van der Waals surface area contributed by atoms with Crippen molar-refractivity contribution in [2.45, 2.75) is 65.6 Å². The van der Waals surface area contributed by atoms with E-state index in [2.05, 4.69) is 5.32 Å². The van der Waals surface area contributed by atoms with Gasteiger partial charge < -0.3 is 10.2 Å². The molecule has 3 rings (SSSR count). The van der Waals surface area contributed by atoms with Gasteiger partial charge in [0.15, 0.2) is 0 Å². The first-order valence-corrected chi connectivity index (χ1v) is 11.8. The Hall–Kier alpha value is -3.48. The molecule has 1 N–H and O–H groups in total. The van der Waals surface area contributed by atoms with Gasteiger partial charge in [0.2, 0.25) is 11.8 Å². The highest BCUT2D eigenvalue weighted by Gasteiger charge is 2.35. The summed E-state index contributed by atoms with van der Waals surface area (Å²) in [5.74, 6) is -1.04. The molecule has 1 aliphatic heterocycles. The van der Waals surface area contributed by atoms with E-state index >= 15 is 0 Å². The Morgan fingerprint density at radius 3 is 2.24 bits per heavy atom. The van der Waals surface area contributed by atoms with Crippen molar-refractivity contribution in [3.8, 4) is 0 Å². The van der Waals surface area contributed by atoms with Crippen LogP contribution in [-0.4, -0.2) is 52.1 Å². The quantitative estimate of drug-likeness (QED) is 0.545. The Bertz CT molecular complexity index is 1050. The summed E-state index contributed by atoms with van der Waals surface area (Å²) in [7, 11) is 0. The minimum Gasteiger partial charge on any atom is -0.352 e. The normalized spacial score (nSPS) is 14.5. The lowest BCUT2D eigenvalue weighted by atomic mass is 10.1. The SMILES string of the molecule is CC[C@@H](C)NC(=O)[C@H](C)N(Cc1cccc(C)c1)C(=O)CCCN1C(=O)c2ccccc2C1=O. The monoisotopic (exact) mass is 463 g/mol. The molecule has 0 saturated carbocycles. The van der Waals surface area contributed by atoms with E-state index in [1.165, 1.54) is 4.90 Å². The number of imide groups is 1. The molecule has 0 bridgehead atoms. The first kappa shape index (κ1) is 25.1. The maximum atomic E-state index is 13.2. The Labute approximate surface area is 201 Å². The number of amides is 4. The summed E-state index contributed by atoms with van der Waals surface area (Å²) in [6.45, 7) is 8.10. The van der Waals surface area contributed by atoms with Crippen molar-refractivity contribution in [3.63, 3.8) is 0 Å². The Kier molecular flexibility index (Phi) is 8.21. The second-order valence-corrected chi connectivity index (χ2v) is 8.92. The molecule has 2 atom stereocenters. The number of carbonyl (C=O) groups excluding carboxylic acids is 4. The molecule has 0 spiro atoms. The van der Waals surface area contributed by atoms with Crippen molar-refractivity contribution in [2.75, 3.05) is 6.54 Å². The van der Waals surface area contributed by atoms with Crippen molar-refractivity contribution >= 4 is 23.6 Å². The average Bonchev–Trinajstić information content (AvgIpc) is 3.07. The van der Waals surface area contributed by atoms with Crippen molar-refractivity contribution in [3.05, 3.63) is 70.8 Å². The van der Waals surface area contributed by atoms with Gasteiger partial charge in [-0.1, -0.05) is 48.9 Å². The summed E-state index contributed by atoms with van der Waals surface area (Å²) in [6.07, 6.45) is 1.25. The van der Waals surface area contributed by atoms with E-state index in [1.807, 2.05) is 45.0 Å². The number of rotatable bonds is 10. The lowest BCUT2D eigenvalue weighted by Crippen LogP contribution is -2.49. The molecule has 0 aliphatic carbocycles. The number of hydrogen-bond acceptors (Lipinski definition) is 4. The Balaban J connectivity index is 1.68. The highest BCUT2D eigenvalue weighted by atomic mass is 16.2. The van der Waals surface area contributed by atoms with Gasteiger partial charge in [0.05, 0.1) is 11.1 Å². The largest absolute Gasteiger partial charge is 0.352 e. The molecule has 0 aromatic heterocycles. The van der Waals surface area contributed by atoms with Crippen LogP contribution in [0.25, 0.3) is 0 Å². The van der Waals surface area contributed by atoms with Crippen LogP contribution in [0.1, 0.15) is 71.9 Å². The van der Waals surface area contributed by atoms with Gasteiger partial charge in [0.1, 0.15) is 6.04 Å². The smallest absolute Gasteiger partial charge is 0.261 e. The number of benzene rings is 2. The van der Waals surface area contributed by atoms with E-state index in [9.17, 15) is 19.2 Å². The molecular formula is C27H33N3O4.